The van der Waals surface area contributed by atoms with E-state index in [0.29, 0.717) is 41.1 Å². The molecule has 0 amide bonds. The number of aryl methyl sites for hydroxylation is 2. The second kappa shape index (κ2) is 6.02. The number of carbonyl (C=O) groups is 2. The third kappa shape index (κ3) is 3.21. The van der Waals surface area contributed by atoms with E-state index in [0.717, 1.165) is 11.1 Å². The number of ether oxygens (including phenoxy) is 1. The predicted molar refractivity (Wildman–Crippen MR) is 85.7 cm³/mol. The summed E-state index contributed by atoms with van der Waals surface area (Å²) in [6.07, 6.45) is 1.27. The van der Waals surface area contributed by atoms with E-state index in [1.807, 2.05) is 6.92 Å². The van der Waals surface area contributed by atoms with Crippen molar-refractivity contribution in [2.75, 3.05) is 0 Å². The summed E-state index contributed by atoms with van der Waals surface area (Å²) >= 11 is 0. The van der Waals surface area contributed by atoms with Crippen LogP contribution in [0.15, 0.2) is 4.52 Å². The Morgan fingerprint density at radius 1 is 1.30 bits per heavy atom. The second-order valence-electron chi connectivity index (χ2n) is 6.44. The number of esters is 1. The minimum Gasteiger partial charge on any atom is -0.455 e. The van der Waals surface area contributed by atoms with Crippen molar-refractivity contribution in [2.45, 2.75) is 53.6 Å². The normalized spacial score (nSPS) is 11.6. The summed E-state index contributed by atoms with van der Waals surface area (Å²) in [6, 6.07) is 0. The molecule has 0 aliphatic heterocycles. The van der Waals surface area contributed by atoms with Crippen molar-refractivity contribution in [3.05, 3.63) is 28.4 Å². The lowest BCUT2D eigenvalue weighted by Gasteiger charge is -2.19. The van der Waals surface area contributed by atoms with Crippen molar-refractivity contribution in [1.29, 1.82) is 0 Å². The zero-order chi connectivity index (χ0) is 17.4. The molecule has 6 heteroatoms. The number of aldehydes is 1. The average molecular weight is 318 g/mol. The first-order chi connectivity index (χ1) is 10.7. The quantitative estimate of drug-likeness (QED) is 0.687. The van der Waals surface area contributed by atoms with E-state index in [-0.39, 0.29) is 0 Å². The van der Waals surface area contributed by atoms with Crippen molar-refractivity contribution in [1.82, 2.24) is 10.1 Å². The van der Waals surface area contributed by atoms with E-state index in [1.165, 1.54) is 0 Å². The van der Waals surface area contributed by atoms with Gasteiger partial charge in [-0.15, -0.1) is 0 Å². The zero-order valence-corrected chi connectivity index (χ0v) is 14.4. The van der Waals surface area contributed by atoms with E-state index in [1.54, 1.807) is 34.6 Å². The minimum absolute atomic E-state index is 0.305. The molecule has 0 aliphatic carbocycles. The van der Waals surface area contributed by atoms with Gasteiger partial charge in [0, 0.05) is 11.1 Å². The molecule has 124 valence electrons. The van der Waals surface area contributed by atoms with Gasteiger partial charge in [0.05, 0.1) is 11.4 Å². The van der Waals surface area contributed by atoms with Gasteiger partial charge in [0.15, 0.2) is 6.29 Å². The summed E-state index contributed by atoms with van der Waals surface area (Å²) in [4.78, 5) is 26.9. The number of aromatic nitrogens is 2. The van der Waals surface area contributed by atoms with Gasteiger partial charge in [-0.3, -0.25) is 4.79 Å². The lowest BCUT2D eigenvalue weighted by atomic mass is 9.97. The molecule has 23 heavy (non-hydrogen) atoms. The monoisotopic (exact) mass is 318 g/mol. The van der Waals surface area contributed by atoms with E-state index in [2.05, 4.69) is 10.1 Å². The second-order valence-corrected chi connectivity index (χ2v) is 6.44. The van der Waals surface area contributed by atoms with Gasteiger partial charge < -0.3 is 14.2 Å². The predicted octanol–water partition coefficient (Wildman–Crippen LogP) is 3.62. The fraction of sp³-hybridized carbons (Fsp3) is 0.471. The summed E-state index contributed by atoms with van der Waals surface area (Å²) in [5, 5.41) is 3.94. The average Bonchev–Trinajstić information content (AvgIpc) is 2.96. The highest BCUT2D eigenvalue weighted by Gasteiger charge is 2.28. The highest BCUT2D eigenvalue weighted by atomic mass is 16.6. The number of nitrogens with zero attached hydrogens (tertiary/aromatic N) is 1. The molecule has 0 atom stereocenters. The minimum atomic E-state index is -0.613. The molecule has 0 bridgehead atoms. The topological polar surface area (TPSA) is 85.2 Å². The Morgan fingerprint density at radius 2 is 1.96 bits per heavy atom. The Morgan fingerprint density at radius 3 is 2.39 bits per heavy atom. The first kappa shape index (κ1) is 17.0. The SMILES string of the molecule is CCc1c(C(=O)OC(C)(C)C)[nH]c(C=O)c1-c1c(C)noc1C. The molecule has 1 N–H and O–H groups in total. The molecule has 0 saturated heterocycles. The Balaban J connectivity index is 2.65. The Labute approximate surface area is 135 Å². The summed E-state index contributed by atoms with van der Waals surface area (Å²) in [5.41, 5.74) is 2.84. The van der Waals surface area contributed by atoms with Gasteiger partial charge in [0.25, 0.3) is 0 Å². The molecule has 2 rings (SSSR count). The van der Waals surface area contributed by atoms with Gasteiger partial charge in [-0.1, -0.05) is 12.1 Å². The van der Waals surface area contributed by atoms with E-state index < -0.39 is 11.6 Å². The number of H-pyrrole nitrogens is 1. The van der Waals surface area contributed by atoms with Crippen LogP contribution >= 0.6 is 0 Å². The van der Waals surface area contributed by atoms with Crippen LogP contribution in [-0.2, 0) is 11.2 Å². The van der Waals surface area contributed by atoms with Crippen LogP contribution in [0.3, 0.4) is 0 Å². The lowest BCUT2D eigenvalue weighted by Crippen LogP contribution is -2.24. The van der Waals surface area contributed by atoms with Crippen molar-refractivity contribution in [3.63, 3.8) is 0 Å². The maximum Gasteiger partial charge on any atom is 0.355 e. The van der Waals surface area contributed by atoms with Gasteiger partial charge in [-0.2, -0.15) is 0 Å². The number of nitrogens with one attached hydrogen (secondary N) is 1. The Bertz CT molecular complexity index is 728. The maximum absolute atomic E-state index is 12.5. The number of hydrogen-bond donors (Lipinski definition) is 1. The summed E-state index contributed by atoms with van der Waals surface area (Å²) < 4.78 is 10.6. The number of hydrogen-bond acceptors (Lipinski definition) is 5. The first-order valence-electron chi connectivity index (χ1n) is 7.56. The van der Waals surface area contributed by atoms with Crippen LogP contribution in [0.25, 0.3) is 11.1 Å². The van der Waals surface area contributed by atoms with Crippen molar-refractivity contribution < 1.29 is 18.8 Å². The van der Waals surface area contributed by atoms with Crippen LogP contribution in [0.2, 0.25) is 0 Å². The highest BCUT2D eigenvalue weighted by molar-refractivity contribution is 5.98. The largest absolute Gasteiger partial charge is 0.455 e. The molecule has 0 radical (unpaired) electrons. The summed E-state index contributed by atoms with van der Waals surface area (Å²) in [7, 11) is 0. The molecule has 0 aliphatic rings. The van der Waals surface area contributed by atoms with Crippen LogP contribution in [0.1, 0.15) is 65.7 Å². The van der Waals surface area contributed by atoms with Crippen molar-refractivity contribution >= 4 is 12.3 Å². The van der Waals surface area contributed by atoms with Crippen LogP contribution in [0, 0.1) is 13.8 Å². The Kier molecular flexibility index (Phi) is 4.45. The van der Waals surface area contributed by atoms with Crippen LogP contribution in [-0.4, -0.2) is 28.0 Å². The third-order valence-electron chi connectivity index (χ3n) is 3.49. The van der Waals surface area contributed by atoms with E-state index >= 15 is 0 Å². The molecular weight excluding hydrogens is 296 g/mol. The molecule has 0 aromatic carbocycles. The highest BCUT2D eigenvalue weighted by Crippen LogP contribution is 2.35. The molecule has 0 spiro atoms. The number of aromatic amines is 1. The van der Waals surface area contributed by atoms with E-state index in [9.17, 15) is 9.59 Å². The fourth-order valence-corrected chi connectivity index (χ4v) is 2.63. The zero-order valence-electron chi connectivity index (χ0n) is 14.4. The molecule has 2 heterocycles. The summed E-state index contributed by atoms with van der Waals surface area (Å²) in [5.74, 6) is 0.130. The van der Waals surface area contributed by atoms with Gasteiger partial charge in [0.2, 0.25) is 0 Å². The molecule has 0 unspecified atom stereocenters. The lowest BCUT2D eigenvalue weighted by molar-refractivity contribution is 0.00624. The third-order valence-corrected chi connectivity index (χ3v) is 3.49. The fourth-order valence-electron chi connectivity index (χ4n) is 2.63. The molecule has 2 aromatic heterocycles. The van der Waals surface area contributed by atoms with Crippen molar-refractivity contribution in [3.8, 4) is 11.1 Å². The molecule has 0 saturated carbocycles. The van der Waals surface area contributed by atoms with Crippen LogP contribution in [0.5, 0.6) is 0 Å². The standard InChI is InChI=1S/C17H22N2O4/c1-7-11-14(13-9(2)19-23-10(13)3)12(8-20)18-15(11)16(21)22-17(4,5)6/h8,18H,7H2,1-6H3. The van der Waals surface area contributed by atoms with Crippen LogP contribution in [0.4, 0.5) is 0 Å². The first-order valence-corrected chi connectivity index (χ1v) is 7.56. The smallest absolute Gasteiger partial charge is 0.355 e. The van der Waals surface area contributed by atoms with Gasteiger partial charge in [-0.25, -0.2) is 4.79 Å². The molecule has 6 nitrogen and oxygen atoms in total. The van der Waals surface area contributed by atoms with Crippen molar-refractivity contribution in [2.24, 2.45) is 0 Å². The Hall–Kier alpha value is -2.37. The summed E-state index contributed by atoms with van der Waals surface area (Å²) in [6.45, 7) is 10.9. The number of rotatable bonds is 4. The van der Waals surface area contributed by atoms with Gasteiger partial charge in [0.1, 0.15) is 17.1 Å². The van der Waals surface area contributed by atoms with Gasteiger partial charge >= 0.3 is 5.97 Å². The molecule has 0 fully saturated rings. The van der Waals surface area contributed by atoms with E-state index in [4.69, 9.17) is 9.26 Å². The number of carbonyl (C=O) groups excluding carboxylic acids is 2. The maximum atomic E-state index is 12.5. The van der Waals surface area contributed by atoms with Gasteiger partial charge in [-0.05, 0) is 46.6 Å². The molecule has 2 aromatic rings. The molecular formula is C17H22N2O4. The van der Waals surface area contributed by atoms with Crippen LogP contribution < -0.4 is 0 Å².